The van der Waals surface area contributed by atoms with Gasteiger partial charge in [-0.25, -0.2) is 9.59 Å². The zero-order chi connectivity index (χ0) is 15.3. The number of carbonyl (C=O) groups excluding carboxylic acids is 1. The van der Waals surface area contributed by atoms with Gasteiger partial charge in [-0.1, -0.05) is 0 Å². The quantitative estimate of drug-likeness (QED) is 0.857. The minimum absolute atomic E-state index is 0.273. The highest BCUT2D eigenvalue weighted by Crippen LogP contribution is 2.24. The van der Waals surface area contributed by atoms with Gasteiger partial charge in [0.2, 0.25) is 0 Å². The maximum Gasteiger partial charge on any atom is 0.410 e. The van der Waals surface area contributed by atoms with Crippen molar-refractivity contribution in [3.8, 4) is 0 Å². The average Bonchev–Trinajstić information content (AvgIpc) is 2.34. The summed E-state index contributed by atoms with van der Waals surface area (Å²) in [6.07, 6.45) is 1.01. The Morgan fingerprint density at radius 3 is 2.25 bits per heavy atom. The number of carboxylic acids is 1. The van der Waals surface area contributed by atoms with E-state index in [9.17, 15) is 9.59 Å². The van der Waals surface area contributed by atoms with Gasteiger partial charge in [-0.3, -0.25) is 0 Å². The number of rotatable bonds is 4. The monoisotopic (exact) mass is 287 g/mol. The minimum Gasteiger partial charge on any atom is -0.479 e. The van der Waals surface area contributed by atoms with Crippen LogP contribution in [0.4, 0.5) is 4.79 Å². The number of carboxylic acid groups (broad SMARTS) is 1. The lowest BCUT2D eigenvalue weighted by Crippen LogP contribution is -2.42. The summed E-state index contributed by atoms with van der Waals surface area (Å²) >= 11 is 0. The molecule has 116 valence electrons. The van der Waals surface area contributed by atoms with Crippen LogP contribution in [0.5, 0.6) is 0 Å². The molecular formula is C14H25NO5. The van der Waals surface area contributed by atoms with E-state index in [4.69, 9.17) is 14.6 Å². The molecule has 0 saturated carbocycles. The Morgan fingerprint density at radius 2 is 1.85 bits per heavy atom. The highest BCUT2D eigenvalue weighted by Gasteiger charge is 2.29. The van der Waals surface area contributed by atoms with Crippen LogP contribution < -0.4 is 0 Å². The second-order valence-electron chi connectivity index (χ2n) is 6.21. The highest BCUT2D eigenvalue weighted by atomic mass is 16.6. The summed E-state index contributed by atoms with van der Waals surface area (Å²) in [6.45, 7) is 6.74. The zero-order valence-electron chi connectivity index (χ0n) is 12.7. The van der Waals surface area contributed by atoms with Crippen LogP contribution in [-0.4, -0.2) is 54.0 Å². The van der Waals surface area contributed by atoms with Gasteiger partial charge >= 0.3 is 12.1 Å². The van der Waals surface area contributed by atoms with Crippen molar-refractivity contribution in [2.45, 2.75) is 51.7 Å². The van der Waals surface area contributed by atoms with Crippen molar-refractivity contribution in [3.63, 3.8) is 0 Å². The number of piperidine rings is 1. The van der Waals surface area contributed by atoms with Crippen molar-refractivity contribution >= 4 is 12.1 Å². The van der Waals surface area contributed by atoms with Gasteiger partial charge < -0.3 is 19.5 Å². The predicted octanol–water partition coefficient (Wildman–Crippen LogP) is 2.12. The van der Waals surface area contributed by atoms with Gasteiger partial charge in [-0.05, 0) is 46.0 Å². The molecule has 1 rings (SSSR count). The summed E-state index contributed by atoms with van der Waals surface area (Å²) in [5.41, 5.74) is -0.488. The summed E-state index contributed by atoms with van der Waals surface area (Å²) in [7, 11) is 1.41. The summed E-state index contributed by atoms with van der Waals surface area (Å²) in [5, 5.41) is 8.96. The summed E-state index contributed by atoms with van der Waals surface area (Å²) in [5.74, 6) is -0.656. The molecule has 1 atom stereocenters. The van der Waals surface area contributed by atoms with Gasteiger partial charge in [-0.15, -0.1) is 0 Å². The number of hydrogen-bond donors (Lipinski definition) is 1. The Hall–Kier alpha value is -1.30. The van der Waals surface area contributed by atoms with Gasteiger partial charge in [0.1, 0.15) is 5.60 Å². The van der Waals surface area contributed by atoms with E-state index in [1.807, 2.05) is 20.8 Å². The van der Waals surface area contributed by atoms with Crippen molar-refractivity contribution in [2.24, 2.45) is 5.92 Å². The van der Waals surface area contributed by atoms with Gasteiger partial charge in [0.25, 0.3) is 0 Å². The lowest BCUT2D eigenvalue weighted by molar-refractivity contribution is -0.149. The first-order valence-corrected chi connectivity index (χ1v) is 6.96. The van der Waals surface area contributed by atoms with Crippen molar-refractivity contribution in [2.75, 3.05) is 20.2 Å². The van der Waals surface area contributed by atoms with Crippen LogP contribution in [0.25, 0.3) is 0 Å². The SMILES string of the molecule is COC(CC1CCN(C(=O)OC(C)(C)C)CC1)C(=O)O. The molecule has 6 heteroatoms. The van der Waals surface area contributed by atoms with Crippen molar-refractivity contribution < 1.29 is 24.2 Å². The van der Waals surface area contributed by atoms with Crippen LogP contribution in [0.15, 0.2) is 0 Å². The van der Waals surface area contributed by atoms with E-state index in [0.717, 1.165) is 12.8 Å². The molecule has 1 fully saturated rings. The Morgan fingerprint density at radius 1 is 1.30 bits per heavy atom. The second-order valence-corrected chi connectivity index (χ2v) is 6.21. The smallest absolute Gasteiger partial charge is 0.410 e. The average molecular weight is 287 g/mol. The first-order valence-electron chi connectivity index (χ1n) is 6.96. The molecule has 0 spiro atoms. The van der Waals surface area contributed by atoms with E-state index in [-0.39, 0.29) is 12.0 Å². The predicted molar refractivity (Wildman–Crippen MR) is 73.6 cm³/mol. The Balaban J connectivity index is 2.40. The second kappa shape index (κ2) is 6.92. The topological polar surface area (TPSA) is 76.1 Å². The lowest BCUT2D eigenvalue weighted by Gasteiger charge is -2.34. The molecule has 6 nitrogen and oxygen atoms in total. The largest absolute Gasteiger partial charge is 0.479 e. The van der Waals surface area contributed by atoms with Crippen LogP contribution in [0, 0.1) is 5.92 Å². The van der Waals surface area contributed by atoms with Crippen LogP contribution in [0.2, 0.25) is 0 Å². The maximum absolute atomic E-state index is 11.9. The van der Waals surface area contributed by atoms with E-state index in [2.05, 4.69) is 0 Å². The minimum atomic E-state index is -0.929. The molecule has 0 aromatic heterocycles. The molecule has 1 saturated heterocycles. The standard InChI is InChI=1S/C14H25NO5/c1-14(2,3)20-13(18)15-7-5-10(6-8-15)9-11(19-4)12(16)17/h10-11H,5-9H2,1-4H3,(H,16,17). The molecule has 1 unspecified atom stereocenters. The highest BCUT2D eigenvalue weighted by molar-refractivity contribution is 5.72. The molecule has 0 aliphatic carbocycles. The number of carbonyl (C=O) groups is 2. The normalized spacial score (nSPS) is 18.7. The van der Waals surface area contributed by atoms with Gasteiger partial charge in [0.15, 0.2) is 6.10 Å². The number of nitrogens with zero attached hydrogens (tertiary/aromatic N) is 1. The van der Waals surface area contributed by atoms with E-state index in [0.29, 0.717) is 19.5 Å². The van der Waals surface area contributed by atoms with Crippen molar-refractivity contribution in [1.29, 1.82) is 0 Å². The van der Waals surface area contributed by atoms with Gasteiger partial charge in [0.05, 0.1) is 0 Å². The fourth-order valence-electron chi connectivity index (χ4n) is 2.28. The number of ether oxygens (including phenoxy) is 2. The lowest BCUT2D eigenvalue weighted by atomic mass is 9.91. The number of likely N-dealkylation sites (tertiary alicyclic amines) is 1. The molecule has 0 radical (unpaired) electrons. The number of hydrogen-bond acceptors (Lipinski definition) is 4. The number of amides is 1. The first kappa shape index (κ1) is 16.8. The van der Waals surface area contributed by atoms with E-state index < -0.39 is 17.7 Å². The molecule has 1 amide bonds. The Labute approximate surface area is 120 Å². The van der Waals surface area contributed by atoms with Crippen LogP contribution in [0.3, 0.4) is 0 Å². The molecule has 1 aliphatic heterocycles. The summed E-state index contributed by atoms with van der Waals surface area (Å²) in [4.78, 5) is 24.5. The molecule has 0 aromatic carbocycles. The van der Waals surface area contributed by atoms with Crippen LogP contribution >= 0.6 is 0 Å². The fraction of sp³-hybridized carbons (Fsp3) is 0.857. The molecule has 1 heterocycles. The van der Waals surface area contributed by atoms with Crippen molar-refractivity contribution in [3.05, 3.63) is 0 Å². The van der Waals surface area contributed by atoms with Crippen LogP contribution in [-0.2, 0) is 14.3 Å². The van der Waals surface area contributed by atoms with Crippen molar-refractivity contribution in [1.82, 2.24) is 4.90 Å². The van der Waals surface area contributed by atoms with E-state index in [1.54, 1.807) is 4.90 Å². The molecular weight excluding hydrogens is 262 g/mol. The third-order valence-electron chi connectivity index (χ3n) is 3.37. The third-order valence-corrected chi connectivity index (χ3v) is 3.37. The van der Waals surface area contributed by atoms with Gasteiger partial charge in [-0.2, -0.15) is 0 Å². The van der Waals surface area contributed by atoms with E-state index >= 15 is 0 Å². The third kappa shape index (κ3) is 5.36. The zero-order valence-corrected chi connectivity index (χ0v) is 12.7. The molecule has 1 aliphatic rings. The molecule has 20 heavy (non-hydrogen) atoms. The van der Waals surface area contributed by atoms with Crippen LogP contribution in [0.1, 0.15) is 40.0 Å². The summed E-state index contributed by atoms with van der Waals surface area (Å²) < 4.78 is 10.3. The molecule has 1 N–H and O–H groups in total. The Bertz CT molecular complexity index is 342. The number of aliphatic carboxylic acids is 1. The fourth-order valence-corrected chi connectivity index (χ4v) is 2.28. The van der Waals surface area contributed by atoms with Gasteiger partial charge in [0, 0.05) is 20.2 Å². The summed E-state index contributed by atoms with van der Waals surface area (Å²) in [6, 6.07) is 0. The molecule has 0 bridgehead atoms. The maximum atomic E-state index is 11.9. The molecule has 0 aromatic rings. The first-order chi connectivity index (χ1) is 9.23. The Kier molecular flexibility index (Phi) is 5.80. The number of methoxy groups -OCH3 is 1. The van der Waals surface area contributed by atoms with E-state index in [1.165, 1.54) is 7.11 Å².